The molecular weight excluding hydrogens is 299 g/mol. The van der Waals surface area contributed by atoms with Crippen LogP contribution in [0.1, 0.15) is 21.8 Å². The van der Waals surface area contributed by atoms with Crippen LogP contribution < -0.4 is 5.32 Å². The van der Waals surface area contributed by atoms with Gasteiger partial charge < -0.3 is 14.8 Å². The molecule has 1 amide bonds. The van der Waals surface area contributed by atoms with Crippen LogP contribution in [0.4, 0.5) is 13.2 Å². The van der Waals surface area contributed by atoms with E-state index in [1.807, 2.05) is 0 Å². The molecule has 0 aliphatic heterocycles. The number of hydrogen-bond donors (Lipinski definition) is 2. The fourth-order valence-corrected chi connectivity index (χ4v) is 2.05. The van der Waals surface area contributed by atoms with Crippen LogP contribution >= 0.6 is 0 Å². The minimum atomic E-state index is -4.42. The van der Waals surface area contributed by atoms with Crippen LogP contribution in [0.3, 0.4) is 0 Å². The van der Waals surface area contributed by atoms with Crippen LogP contribution in [0.15, 0.2) is 41.1 Å². The van der Waals surface area contributed by atoms with Crippen LogP contribution in [0.25, 0.3) is 10.9 Å². The number of hydrogen-bond acceptors (Lipinski definition) is 3. The van der Waals surface area contributed by atoms with Crippen molar-refractivity contribution >= 4 is 16.8 Å². The van der Waals surface area contributed by atoms with Crippen molar-refractivity contribution < 1.29 is 22.5 Å². The number of carbonyl (C=O) groups excluding carboxylic acids is 1. The largest absolute Gasteiger partial charge is 0.431 e. The van der Waals surface area contributed by atoms with Crippen LogP contribution in [-0.4, -0.2) is 16.0 Å². The Balaban J connectivity index is 1.76. The van der Waals surface area contributed by atoms with E-state index >= 15 is 0 Å². The summed E-state index contributed by atoms with van der Waals surface area (Å²) in [6.07, 6.45) is -3.07. The van der Waals surface area contributed by atoms with E-state index in [1.165, 1.54) is 12.3 Å². The van der Waals surface area contributed by atoms with E-state index in [4.69, 9.17) is 4.52 Å². The summed E-state index contributed by atoms with van der Waals surface area (Å²) in [6.45, 7) is 0.169. The first kappa shape index (κ1) is 14.2. The van der Waals surface area contributed by atoms with Crippen molar-refractivity contribution in [3.63, 3.8) is 0 Å². The number of aromatic amines is 1. The summed E-state index contributed by atoms with van der Waals surface area (Å²) in [5, 5.41) is 6.45. The third kappa shape index (κ3) is 2.80. The van der Waals surface area contributed by atoms with Gasteiger partial charge in [-0.15, -0.1) is 0 Å². The fraction of sp³-hybridized carbons (Fsp3) is 0.143. The number of nitrogens with zero attached hydrogens (tertiary/aromatic N) is 1. The van der Waals surface area contributed by atoms with E-state index in [0.717, 1.165) is 6.07 Å². The fourth-order valence-electron chi connectivity index (χ4n) is 2.05. The molecule has 8 heteroatoms. The van der Waals surface area contributed by atoms with E-state index in [-0.39, 0.29) is 12.3 Å². The molecule has 0 unspecified atom stereocenters. The zero-order valence-electron chi connectivity index (χ0n) is 11.1. The molecule has 0 saturated heterocycles. The molecule has 0 aliphatic rings. The van der Waals surface area contributed by atoms with Crippen molar-refractivity contribution in [3.05, 3.63) is 53.5 Å². The van der Waals surface area contributed by atoms with Gasteiger partial charge in [0.2, 0.25) is 5.76 Å². The number of aromatic nitrogens is 2. The predicted octanol–water partition coefficient (Wildman–Crippen LogP) is 3.10. The Bertz CT molecular complexity index is 806. The van der Waals surface area contributed by atoms with E-state index in [0.29, 0.717) is 16.5 Å². The average molecular weight is 309 g/mol. The quantitative estimate of drug-likeness (QED) is 0.781. The molecular formula is C14H10F3N3O2. The molecule has 0 spiro atoms. The molecule has 3 aromatic rings. The van der Waals surface area contributed by atoms with Crippen molar-refractivity contribution in [1.82, 2.24) is 15.5 Å². The molecule has 1 aromatic carbocycles. The van der Waals surface area contributed by atoms with Crippen LogP contribution in [0.2, 0.25) is 0 Å². The Labute approximate surface area is 122 Å². The molecule has 3 rings (SSSR count). The van der Waals surface area contributed by atoms with Crippen molar-refractivity contribution in [2.45, 2.75) is 12.7 Å². The minimum absolute atomic E-state index is 0.0714. The molecule has 114 valence electrons. The highest BCUT2D eigenvalue weighted by Crippen LogP contribution is 2.31. The average Bonchev–Trinajstić information content (AvgIpc) is 3.12. The van der Waals surface area contributed by atoms with Gasteiger partial charge in [0.05, 0.1) is 6.20 Å². The maximum Gasteiger partial charge on any atom is 0.431 e. The second-order valence-corrected chi connectivity index (χ2v) is 4.66. The molecule has 0 atom stereocenters. The maximum absolute atomic E-state index is 12.6. The Morgan fingerprint density at radius 2 is 2.09 bits per heavy atom. The summed E-state index contributed by atoms with van der Waals surface area (Å²) in [6, 6.07) is 7.22. The Kier molecular flexibility index (Phi) is 3.36. The molecule has 0 bridgehead atoms. The van der Waals surface area contributed by atoms with Gasteiger partial charge in [-0.05, 0) is 23.8 Å². The van der Waals surface area contributed by atoms with E-state index in [1.54, 1.807) is 18.2 Å². The third-order valence-corrected chi connectivity index (χ3v) is 3.11. The first-order chi connectivity index (χ1) is 10.4. The Morgan fingerprint density at radius 3 is 2.77 bits per heavy atom. The lowest BCUT2D eigenvalue weighted by Gasteiger charge is -2.03. The SMILES string of the molecule is O=C(NCc1ccc2[nH]c(C(F)(F)F)cc2c1)c1ccno1. The van der Waals surface area contributed by atoms with Gasteiger partial charge in [0.25, 0.3) is 5.91 Å². The second kappa shape index (κ2) is 5.21. The van der Waals surface area contributed by atoms with Crippen molar-refractivity contribution in [2.75, 3.05) is 0 Å². The van der Waals surface area contributed by atoms with E-state index in [2.05, 4.69) is 15.5 Å². The summed E-state index contributed by atoms with van der Waals surface area (Å²) in [4.78, 5) is 14.0. The minimum Gasteiger partial charge on any atom is -0.351 e. The summed E-state index contributed by atoms with van der Waals surface area (Å²) < 4.78 is 42.6. The van der Waals surface area contributed by atoms with Gasteiger partial charge in [-0.25, -0.2) is 0 Å². The molecule has 2 aromatic heterocycles. The number of benzene rings is 1. The van der Waals surface area contributed by atoms with Crippen LogP contribution in [0.5, 0.6) is 0 Å². The molecule has 2 heterocycles. The van der Waals surface area contributed by atoms with Crippen molar-refractivity contribution in [1.29, 1.82) is 0 Å². The number of carbonyl (C=O) groups is 1. The topological polar surface area (TPSA) is 70.9 Å². The highest BCUT2D eigenvalue weighted by atomic mass is 19.4. The Hall–Kier alpha value is -2.77. The van der Waals surface area contributed by atoms with Crippen LogP contribution in [0, 0.1) is 0 Å². The highest BCUT2D eigenvalue weighted by molar-refractivity contribution is 5.91. The van der Waals surface area contributed by atoms with Crippen molar-refractivity contribution in [3.8, 4) is 0 Å². The molecule has 2 N–H and O–H groups in total. The van der Waals surface area contributed by atoms with E-state index < -0.39 is 17.8 Å². The van der Waals surface area contributed by atoms with Gasteiger partial charge in [-0.1, -0.05) is 11.2 Å². The molecule has 0 aliphatic carbocycles. The highest BCUT2D eigenvalue weighted by Gasteiger charge is 2.32. The van der Waals surface area contributed by atoms with Gasteiger partial charge in [0.15, 0.2) is 0 Å². The van der Waals surface area contributed by atoms with Gasteiger partial charge in [0, 0.05) is 23.5 Å². The number of amides is 1. The summed E-state index contributed by atoms with van der Waals surface area (Å²) in [7, 11) is 0. The lowest BCUT2D eigenvalue weighted by molar-refractivity contribution is -0.140. The third-order valence-electron chi connectivity index (χ3n) is 3.11. The molecule has 5 nitrogen and oxygen atoms in total. The first-order valence-corrected chi connectivity index (χ1v) is 6.31. The van der Waals surface area contributed by atoms with Crippen LogP contribution in [-0.2, 0) is 12.7 Å². The molecule has 0 fully saturated rings. The van der Waals surface area contributed by atoms with Gasteiger partial charge in [-0.3, -0.25) is 4.79 Å². The molecule has 0 saturated carbocycles. The Morgan fingerprint density at radius 1 is 1.27 bits per heavy atom. The smallest absolute Gasteiger partial charge is 0.351 e. The van der Waals surface area contributed by atoms with E-state index in [9.17, 15) is 18.0 Å². The lowest BCUT2D eigenvalue weighted by atomic mass is 10.1. The van der Waals surface area contributed by atoms with Gasteiger partial charge in [-0.2, -0.15) is 13.2 Å². The van der Waals surface area contributed by atoms with Gasteiger partial charge >= 0.3 is 6.18 Å². The first-order valence-electron chi connectivity index (χ1n) is 6.31. The predicted molar refractivity (Wildman–Crippen MR) is 71.0 cm³/mol. The standard InChI is InChI=1S/C14H10F3N3O2/c15-14(16,17)12-6-9-5-8(1-2-10(9)20-12)7-18-13(21)11-3-4-19-22-11/h1-6,20H,7H2,(H,18,21). The van der Waals surface area contributed by atoms with Crippen molar-refractivity contribution in [2.24, 2.45) is 0 Å². The number of halogens is 3. The number of rotatable bonds is 3. The number of H-pyrrole nitrogens is 1. The zero-order chi connectivity index (χ0) is 15.7. The maximum atomic E-state index is 12.6. The number of fused-ring (bicyclic) bond motifs is 1. The monoisotopic (exact) mass is 309 g/mol. The number of nitrogens with one attached hydrogen (secondary N) is 2. The summed E-state index contributed by atoms with van der Waals surface area (Å²) in [5.74, 6) is -0.371. The normalized spacial score (nSPS) is 11.8. The number of alkyl halides is 3. The second-order valence-electron chi connectivity index (χ2n) is 4.66. The molecule has 22 heavy (non-hydrogen) atoms. The zero-order valence-corrected chi connectivity index (χ0v) is 11.1. The summed E-state index contributed by atoms with van der Waals surface area (Å²) in [5.41, 5.74) is 0.260. The van der Waals surface area contributed by atoms with Gasteiger partial charge in [0.1, 0.15) is 5.69 Å². The lowest BCUT2D eigenvalue weighted by Crippen LogP contribution is -2.22. The summed E-state index contributed by atoms with van der Waals surface area (Å²) >= 11 is 0. The molecule has 0 radical (unpaired) electrons.